The monoisotopic (exact) mass is 224 g/mol. The van der Waals surface area contributed by atoms with Crippen LogP contribution in [-0.2, 0) is 4.74 Å². The van der Waals surface area contributed by atoms with E-state index in [-0.39, 0.29) is 0 Å². The number of hydrogen-bond donors (Lipinski definition) is 1. The minimum absolute atomic E-state index is 0.523. The van der Waals surface area contributed by atoms with Gasteiger partial charge in [0.25, 0.3) is 0 Å². The Bertz CT molecular complexity index is 253. The third kappa shape index (κ3) is 3.89. The van der Waals surface area contributed by atoms with E-state index < -0.39 is 0 Å². The van der Waals surface area contributed by atoms with E-state index in [4.69, 9.17) is 4.74 Å². The Kier molecular flexibility index (Phi) is 5.39. The molecule has 1 saturated heterocycles. The highest BCUT2D eigenvalue weighted by Crippen LogP contribution is 2.16. The van der Waals surface area contributed by atoms with Crippen molar-refractivity contribution < 1.29 is 4.74 Å². The van der Waals surface area contributed by atoms with Crippen molar-refractivity contribution in [2.45, 2.75) is 27.2 Å². The van der Waals surface area contributed by atoms with Crippen LogP contribution in [0.15, 0.2) is 24.2 Å². The SMILES string of the molecule is C=C(CC)N/C=C(/C(C)C)N1CCOCC1. The van der Waals surface area contributed by atoms with Gasteiger partial charge in [0, 0.05) is 30.7 Å². The standard InChI is InChI=1S/C13H24N2O/c1-5-12(4)14-10-13(11(2)3)15-6-8-16-9-7-15/h10-11,14H,4-9H2,1-3H3/b13-10-. The number of nitrogens with zero attached hydrogens (tertiary/aromatic N) is 1. The summed E-state index contributed by atoms with van der Waals surface area (Å²) >= 11 is 0. The second-order valence-corrected chi connectivity index (χ2v) is 4.42. The summed E-state index contributed by atoms with van der Waals surface area (Å²) in [7, 11) is 0. The maximum absolute atomic E-state index is 5.37. The molecule has 0 aliphatic carbocycles. The van der Waals surface area contributed by atoms with Gasteiger partial charge >= 0.3 is 0 Å². The molecular formula is C13H24N2O. The molecule has 16 heavy (non-hydrogen) atoms. The highest BCUT2D eigenvalue weighted by atomic mass is 16.5. The van der Waals surface area contributed by atoms with Gasteiger partial charge in [-0.1, -0.05) is 27.4 Å². The molecule has 3 heteroatoms. The summed E-state index contributed by atoms with van der Waals surface area (Å²) < 4.78 is 5.37. The smallest absolute Gasteiger partial charge is 0.0642 e. The van der Waals surface area contributed by atoms with Crippen LogP contribution in [-0.4, -0.2) is 31.2 Å². The summed E-state index contributed by atoms with van der Waals surface area (Å²) in [6.07, 6.45) is 3.06. The minimum Gasteiger partial charge on any atom is -0.378 e. The van der Waals surface area contributed by atoms with Crippen LogP contribution < -0.4 is 5.32 Å². The second-order valence-electron chi connectivity index (χ2n) is 4.42. The van der Waals surface area contributed by atoms with Crippen LogP contribution >= 0.6 is 0 Å². The van der Waals surface area contributed by atoms with E-state index in [1.54, 1.807) is 0 Å². The molecule has 0 amide bonds. The summed E-state index contributed by atoms with van der Waals surface area (Å²) in [6, 6.07) is 0. The first-order valence-corrected chi connectivity index (χ1v) is 6.12. The predicted molar refractivity (Wildman–Crippen MR) is 67.9 cm³/mol. The van der Waals surface area contributed by atoms with Gasteiger partial charge in [0.05, 0.1) is 13.2 Å². The molecule has 0 aromatic carbocycles. The molecule has 1 N–H and O–H groups in total. The lowest BCUT2D eigenvalue weighted by Crippen LogP contribution is -2.37. The number of hydrogen-bond acceptors (Lipinski definition) is 3. The number of nitrogens with one attached hydrogen (secondary N) is 1. The third-order valence-electron chi connectivity index (χ3n) is 2.82. The predicted octanol–water partition coefficient (Wildman–Crippen LogP) is 2.33. The summed E-state index contributed by atoms with van der Waals surface area (Å²) in [5.41, 5.74) is 2.41. The van der Waals surface area contributed by atoms with Gasteiger partial charge in [-0.3, -0.25) is 0 Å². The van der Waals surface area contributed by atoms with Gasteiger partial charge in [-0.15, -0.1) is 0 Å². The van der Waals surface area contributed by atoms with Gasteiger partial charge in [-0.2, -0.15) is 0 Å². The molecule has 1 fully saturated rings. The van der Waals surface area contributed by atoms with Crippen molar-refractivity contribution in [3.05, 3.63) is 24.2 Å². The molecule has 1 aliphatic rings. The minimum atomic E-state index is 0.523. The molecule has 3 nitrogen and oxygen atoms in total. The Hall–Kier alpha value is -0.960. The first-order valence-electron chi connectivity index (χ1n) is 6.12. The number of morpholine rings is 1. The van der Waals surface area contributed by atoms with Crippen LogP contribution in [0, 0.1) is 5.92 Å². The van der Waals surface area contributed by atoms with E-state index in [1.165, 1.54) is 5.70 Å². The Balaban J connectivity index is 2.61. The quantitative estimate of drug-likeness (QED) is 0.775. The zero-order valence-corrected chi connectivity index (χ0v) is 10.8. The Labute approximate surface area is 99.2 Å². The van der Waals surface area contributed by atoms with Crippen LogP contribution in [0.3, 0.4) is 0 Å². The van der Waals surface area contributed by atoms with Crippen LogP contribution in [0.1, 0.15) is 27.2 Å². The second kappa shape index (κ2) is 6.59. The van der Waals surface area contributed by atoms with E-state index in [0.717, 1.165) is 38.4 Å². The van der Waals surface area contributed by atoms with Crippen molar-refractivity contribution in [3.63, 3.8) is 0 Å². The maximum atomic E-state index is 5.37. The lowest BCUT2D eigenvalue weighted by atomic mass is 10.1. The normalized spacial score (nSPS) is 17.8. The highest BCUT2D eigenvalue weighted by Gasteiger charge is 2.15. The Morgan fingerprint density at radius 3 is 2.56 bits per heavy atom. The molecule has 0 spiro atoms. The molecule has 92 valence electrons. The number of ether oxygens (including phenoxy) is 1. The lowest BCUT2D eigenvalue weighted by molar-refractivity contribution is 0.0493. The average molecular weight is 224 g/mol. The third-order valence-corrected chi connectivity index (χ3v) is 2.82. The number of rotatable bonds is 5. The fourth-order valence-electron chi connectivity index (χ4n) is 1.72. The van der Waals surface area contributed by atoms with Gasteiger partial charge < -0.3 is 15.0 Å². The van der Waals surface area contributed by atoms with Crippen molar-refractivity contribution in [3.8, 4) is 0 Å². The molecule has 0 atom stereocenters. The summed E-state index contributed by atoms with van der Waals surface area (Å²) in [4.78, 5) is 2.39. The summed E-state index contributed by atoms with van der Waals surface area (Å²) in [5.74, 6) is 0.523. The van der Waals surface area contributed by atoms with E-state index >= 15 is 0 Å². The lowest BCUT2D eigenvalue weighted by Gasteiger charge is -2.33. The van der Waals surface area contributed by atoms with Gasteiger partial charge in [0.15, 0.2) is 0 Å². The molecule has 0 aromatic heterocycles. The molecule has 0 bridgehead atoms. The van der Waals surface area contributed by atoms with Gasteiger partial charge in [0.2, 0.25) is 0 Å². The highest BCUT2D eigenvalue weighted by molar-refractivity contribution is 5.08. The van der Waals surface area contributed by atoms with Crippen molar-refractivity contribution in [2.24, 2.45) is 5.92 Å². The molecule has 1 heterocycles. The Morgan fingerprint density at radius 1 is 1.44 bits per heavy atom. The van der Waals surface area contributed by atoms with Gasteiger partial charge in [0.1, 0.15) is 0 Å². The largest absolute Gasteiger partial charge is 0.378 e. The molecule has 1 aliphatic heterocycles. The van der Waals surface area contributed by atoms with Crippen LogP contribution in [0.2, 0.25) is 0 Å². The molecule has 0 saturated carbocycles. The molecule has 0 radical (unpaired) electrons. The maximum Gasteiger partial charge on any atom is 0.0642 e. The van der Waals surface area contributed by atoms with E-state index in [0.29, 0.717) is 5.92 Å². The van der Waals surface area contributed by atoms with Crippen LogP contribution in [0.25, 0.3) is 0 Å². The zero-order valence-electron chi connectivity index (χ0n) is 10.8. The zero-order chi connectivity index (χ0) is 12.0. The molecular weight excluding hydrogens is 200 g/mol. The summed E-state index contributed by atoms with van der Waals surface area (Å²) in [5, 5.41) is 3.27. The fourth-order valence-corrected chi connectivity index (χ4v) is 1.72. The fraction of sp³-hybridized carbons (Fsp3) is 0.692. The van der Waals surface area contributed by atoms with Crippen molar-refractivity contribution >= 4 is 0 Å². The first-order chi connectivity index (χ1) is 7.65. The average Bonchev–Trinajstić information content (AvgIpc) is 2.30. The van der Waals surface area contributed by atoms with Crippen molar-refractivity contribution in [1.29, 1.82) is 0 Å². The molecule has 0 aromatic rings. The van der Waals surface area contributed by atoms with Crippen molar-refractivity contribution in [1.82, 2.24) is 10.2 Å². The van der Waals surface area contributed by atoms with Crippen molar-refractivity contribution in [2.75, 3.05) is 26.3 Å². The number of allylic oxidation sites excluding steroid dienone is 2. The van der Waals surface area contributed by atoms with E-state index in [9.17, 15) is 0 Å². The molecule has 0 unspecified atom stereocenters. The summed E-state index contributed by atoms with van der Waals surface area (Å²) in [6.45, 7) is 14.1. The van der Waals surface area contributed by atoms with Gasteiger partial charge in [-0.05, 0) is 12.3 Å². The van der Waals surface area contributed by atoms with E-state index in [1.807, 2.05) is 0 Å². The van der Waals surface area contributed by atoms with Crippen LogP contribution in [0.5, 0.6) is 0 Å². The van der Waals surface area contributed by atoms with Crippen LogP contribution in [0.4, 0.5) is 0 Å². The topological polar surface area (TPSA) is 24.5 Å². The first kappa shape index (κ1) is 13.1. The Morgan fingerprint density at radius 2 is 2.06 bits per heavy atom. The van der Waals surface area contributed by atoms with E-state index in [2.05, 4.69) is 43.8 Å². The molecule has 1 rings (SSSR count). The van der Waals surface area contributed by atoms with Gasteiger partial charge in [-0.25, -0.2) is 0 Å².